The number of pyridine rings is 1. The van der Waals surface area contributed by atoms with Crippen LogP contribution in [0.4, 0.5) is 0 Å². The molecule has 3 heteroatoms. The Hall–Kier alpha value is -1.09. The maximum Gasteiger partial charge on any atom is 0.137 e. The lowest BCUT2D eigenvalue weighted by molar-refractivity contribution is 0.0560. The summed E-state index contributed by atoms with van der Waals surface area (Å²) >= 11 is 0. The van der Waals surface area contributed by atoms with Gasteiger partial charge in [-0.3, -0.25) is 4.98 Å². The zero-order valence-corrected chi connectivity index (χ0v) is 10.5. The van der Waals surface area contributed by atoms with E-state index in [1.54, 1.807) is 13.3 Å². The molecule has 0 aliphatic rings. The zero-order valence-electron chi connectivity index (χ0n) is 10.5. The average molecular weight is 223 g/mol. The fraction of sp³-hybridized carbons (Fsp3) is 0.615. The van der Waals surface area contributed by atoms with E-state index < -0.39 is 0 Å². The Kier molecular flexibility index (Phi) is 4.30. The average Bonchev–Trinajstić information content (AvgIpc) is 2.25. The number of methoxy groups -OCH3 is 1. The highest BCUT2D eigenvalue weighted by molar-refractivity contribution is 5.23. The molecule has 0 fully saturated rings. The summed E-state index contributed by atoms with van der Waals surface area (Å²) in [5, 5.41) is 9.92. The van der Waals surface area contributed by atoms with Gasteiger partial charge in [-0.2, -0.15) is 0 Å². The van der Waals surface area contributed by atoms with Crippen molar-refractivity contribution in [1.29, 1.82) is 0 Å². The second-order valence-electron chi connectivity index (χ2n) is 5.15. The summed E-state index contributed by atoms with van der Waals surface area (Å²) < 4.78 is 5.10. The molecule has 1 aromatic heterocycles. The monoisotopic (exact) mass is 223 g/mol. The smallest absolute Gasteiger partial charge is 0.137 e. The Labute approximate surface area is 97.5 Å². The van der Waals surface area contributed by atoms with Crippen molar-refractivity contribution in [1.82, 2.24) is 4.98 Å². The first-order valence-electron chi connectivity index (χ1n) is 5.59. The van der Waals surface area contributed by atoms with Gasteiger partial charge in [-0.25, -0.2) is 0 Å². The van der Waals surface area contributed by atoms with Crippen molar-refractivity contribution in [2.75, 3.05) is 7.11 Å². The first kappa shape index (κ1) is 13.0. The lowest BCUT2D eigenvalue weighted by Crippen LogP contribution is -2.26. The van der Waals surface area contributed by atoms with Crippen LogP contribution in [0.1, 0.15) is 32.8 Å². The molecule has 0 radical (unpaired) electrons. The third-order valence-corrected chi connectivity index (χ3v) is 2.71. The lowest BCUT2D eigenvalue weighted by Gasteiger charge is -2.25. The largest absolute Gasteiger partial charge is 0.495 e. The molecule has 16 heavy (non-hydrogen) atoms. The van der Waals surface area contributed by atoms with Gasteiger partial charge in [-0.05, 0) is 29.9 Å². The third-order valence-electron chi connectivity index (χ3n) is 2.71. The van der Waals surface area contributed by atoms with E-state index in [1.807, 2.05) is 33.0 Å². The zero-order chi connectivity index (χ0) is 12.2. The van der Waals surface area contributed by atoms with E-state index in [9.17, 15) is 5.11 Å². The molecule has 90 valence electrons. The van der Waals surface area contributed by atoms with Crippen molar-refractivity contribution in [3.63, 3.8) is 0 Å². The third kappa shape index (κ3) is 3.81. The molecule has 0 amide bonds. The van der Waals surface area contributed by atoms with E-state index in [0.717, 1.165) is 24.2 Å². The second kappa shape index (κ2) is 5.30. The Balaban J connectivity index is 2.54. The summed E-state index contributed by atoms with van der Waals surface area (Å²) in [6, 6.07) is 1.96. The van der Waals surface area contributed by atoms with Crippen LogP contribution in [0.5, 0.6) is 5.75 Å². The molecule has 3 nitrogen and oxygen atoms in total. The molecule has 1 N–H and O–H groups in total. The predicted octanol–water partition coefficient (Wildman–Crippen LogP) is 2.43. The number of aliphatic hydroxyl groups is 1. The van der Waals surface area contributed by atoms with Gasteiger partial charge in [0.2, 0.25) is 0 Å². The lowest BCUT2D eigenvalue weighted by atomic mass is 9.86. The Morgan fingerprint density at radius 3 is 2.62 bits per heavy atom. The minimum absolute atomic E-state index is 0.0632. The normalized spacial score (nSPS) is 13.6. The maximum atomic E-state index is 9.92. The van der Waals surface area contributed by atoms with Gasteiger partial charge in [0.25, 0.3) is 0 Å². The summed E-state index contributed by atoms with van der Waals surface area (Å²) in [6.07, 6.45) is 4.78. The summed E-state index contributed by atoms with van der Waals surface area (Å²) in [5.74, 6) is 0.766. The molecule has 1 aromatic rings. The van der Waals surface area contributed by atoms with Crippen molar-refractivity contribution in [2.24, 2.45) is 5.41 Å². The number of hydrogen-bond acceptors (Lipinski definition) is 3. The number of hydrogen-bond donors (Lipinski definition) is 1. The second-order valence-corrected chi connectivity index (χ2v) is 5.15. The van der Waals surface area contributed by atoms with Gasteiger partial charge in [0, 0.05) is 6.20 Å². The van der Waals surface area contributed by atoms with Crippen molar-refractivity contribution in [2.45, 2.75) is 39.7 Å². The molecule has 0 aliphatic heterocycles. The topological polar surface area (TPSA) is 42.4 Å². The summed E-state index contributed by atoms with van der Waals surface area (Å²) in [6.45, 7) is 6.13. The first-order chi connectivity index (χ1) is 7.43. The number of ether oxygens (including phenoxy) is 1. The van der Waals surface area contributed by atoms with Gasteiger partial charge in [0.15, 0.2) is 0 Å². The number of nitrogens with zero attached hydrogens (tertiary/aromatic N) is 1. The van der Waals surface area contributed by atoms with Crippen LogP contribution in [0.2, 0.25) is 0 Å². The van der Waals surface area contributed by atoms with E-state index in [1.165, 1.54) is 0 Å². The first-order valence-corrected chi connectivity index (χ1v) is 5.59. The Bertz CT molecular complexity index is 331. The minimum Gasteiger partial charge on any atom is -0.495 e. The maximum absolute atomic E-state index is 9.92. The van der Waals surface area contributed by atoms with E-state index in [4.69, 9.17) is 4.74 Å². The number of aromatic nitrogens is 1. The molecule has 1 unspecified atom stereocenters. The van der Waals surface area contributed by atoms with Crippen molar-refractivity contribution in [3.05, 3.63) is 24.0 Å². The van der Waals surface area contributed by atoms with Crippen molar-refractivity contribution < 1.29 is 9.84 Å². The highest BCUT2D eigenvalue weighted by atomic mass is 16.5. The van der Waals surface area contributed by atoms with Gasteiger partial charge < -0.3 is 9.84 Å². The van der Waals surface area contributed by atoms with Gasteiger partial charge in [-0.1, -0.05) is 20.8 Å². The molecule has 0 saturated heterocycles. The van der Waals surface area contributed by atoms with E-state index >= 15 is 0 Å². The van der Waals surface area contributed by atoms with Crippen LogP contribution in [-0.4, -0.2) is 23.3 Å². The quantitative estimate of drug-likeness (QED) is 0.852. The number of aryl methyl sites for hydroxylation is 1. The minimum atomic E-state index is -0.293. The number of aliphatic hydroxyl groups excluding tert-OH is 1. The fourth-order valence-corrected chi connectivity index (χ4v) is 1.45. The molecular formula is C13H21NO2. The van der Waals surface area contributed by atoms with Crippen molar-refractivity contribution in [3.8, 4) is 5.75 Å². The van der Waals surface area contributed by atoms with E-state index in [0.29, 0.717) is 0 Å². The van der Waals surface area contributed by atoms with Crippen LogP contribution in [0.25, 0.3) is 0 Å². The highest BCUT2D eigenvalue weighted by Gasteiger charge is 2.21. The predicted molar refractivity (Wildman–Crippen MR) is 64.6 cm³/mol. The summed E-state index contributed by atoms with van der Waals surface area (Å²) in [7, 11) is 1.63. The summed E-state index contributed by atoms with van der Waals surface area (Å²) in [4.78, 5) is 4.09. The van der Waals surface area contributed by atoms with Crippen LogP contribution in [0.15, 0.2) is 18.5 Å². The molecule has 1 heterocycles. The fourth-order valence-electron chi connectivity index (χ4n) is 1.45. The van der Waals surface area contributed by atoms with Gasteiger partial charge >= 0.3 is 0 Å². The number of rotatable bonds is 4. The standard InChI is InChI=1S/C13H21NO2/c1-13(2,3)12(15)6-5-10-7-11(16-4)9-14-8-10/h7-9,12,15H,5-6H2,1-4H3. The van der Waals surface area contributed by atoms with Gasteiger partial charge in [0.1, 0.15) is 5.75 Å². The van der Waals surface area contributed by atoms with Crippen LogP contribution >= 0.6 is 0 Å². The van der Waals surface area contributed by atoms with Crippen LogP contribution in [-0.2, 0) is 6.42 Å². The molecule has 0 bridgehead atoms. The van der Waals surface area contributed by atoms with Gasteiger partial charge in [0.05, 0.1) is 19.4 Å². The van der Waals surface area contributed by atoms with Crippen LogP contribution in [0, 0.1) is 5.41 Å². The Morgan fingerprint density at radius 1 is 1.38 bits per heavy atom. The van der Waals surface area contributed by atoms with Crippen LogP contribution < -0.4 is 4.74 Å². The molecule has 1 atom stereocenters. The summed E-state index contributed by atoms with van der Waals surface area (Å²) in [5.41, 5.74) is 1.04. The molecular weight excluding hydrogens is 202 g/mol. The molecule has 0 saturated carbocycles. The van der Waals surface area contributed by atoms with Crippen LogP contribution in [0.3, 0.4) is 0 Å². The van der Waals surface area contributed by atoms with Gasteiger partial charge in [-0.15, -0.1) is 0 Å². The van der Waals surface area contributed by atoms with E-state index in [-0.39, 0.29) is 11.5 Å². The highest BCUT2D eigenvalue weighted by Crippen LogP contribution is 2.23. The molecule has 0 aliphatic carbocycles. The molecule has 0 aromatic carbocycles. The van der Waals surface area contributed by atoms with E-state index in [2.05, 4.69) is 4.98 Å². The molecule has 1 rings (SSSR count). The molecule has 0 spiro atoms. The SMILES string of the molecule is COc1cncc(CCC(O)C(C)(C)C)c1. The Morgan fingerprint density at radius 2 is 2.06 bits per heavy atom. The van der Waals surface area contributed by atoms with Crippen molar-refractivity contribution >= 4 is 0 Å².